The van der Waals surface area contributed by atoms with Gasteiger partial charge in [0.05, 0.1) is 29.9 Å². The standard InChI is InChI=1S/C10H11N3O/c11-5-4-7-6-14-10-8(12)2-1-3-9(10)13-7/h1-3,7,13H,4,6,12H2. The van der Waals surface area contributed by atoms with Crippen LogP contribution in [0.2, 0.25) is 0 Å². The van der Waals surface area contributed by atoms with Crippen molar-refractivity contribution in [3.8, 4) is 11.8 Å². The van der Waals surface area contributed by atoms with E-state index in [1.165, 1.54) is 0 Å². The number of hydrogen-bond acceptors (Lipinski definition) is 4. The molecule has 1 aromatic rings. The number of para-hydroxylation sites is 1. The number of hydrogen-bond donors (Lipinski definition) is 2. The molecule has 72 valence electrons. The Bertz CT molecular complexity index is 383. The lowest BCUT2D eigenvalue weighted by Crippen LogP contribution is -2.31. The molecular formula is C10H11N3O. The summed E-state index contributed by atoms with van der Waals surface area (Å²) in [6.07, 6.45) is 0.439. The van der Waals surface area contributed by atoms with Crippen molar-refractivity contribution in [2.45, 2.75) is 12.5 Å². The molecule has 1 unspecified atom stereocenters. The Kier molecular flexibility index (Phi) is 2.15. The summed E-state index contributed by atoms with van der Waals surface area (Å²) in [6.45, 7) is 0.495. The van der Waals surface area contributed by atoms with Crippen LogP contribution in [0.4, 0.5) is 11.4 Å². The minimum absolute atomic E-state index is 0.0642. The first-order valence-corrected chi connectivity index (χ1v) is 4.46. The molecule has 4 heteroatoms. The number of nitrogens with zero attached hydrogens (tertiary/aromatic N) is 1. The lowest BCUT2D eigenvalue weighted by atomic mass is 10.1. The number of nitrogens with one attached hydrogen (secondary N) is 1. The molecule has 0 fully saturated rings. The van der Waals surface area contributed by atoms with Crippen LogP contribution in [-0.2, 0) is 0 Å². The van der Waals surface area contributed by atoms with Gasteiger partial charge in [0.25, 0.3) is 0 Å². The van der Waals surface area contributed by atoms with Gasteiger partial charge in [-0.25, -0.2) is 0 Å². The minimum atomic E-state index is 0.0642. The van der Waals surface area contributed by atoms with Gasteiger partial charge in [-0.15, -0.1) is 0 Å². The molecule has 1 aliphatic heterocycles. The topological polar surface area (TPSA) is 71.1 Å². The van der Waals surface area contributed by atoms with Gasteiger partial charge in [-0.1, -0.05) is 6.07 Å². The van der Waals surface area contributed by atoms with Gasteiger partial charge in [-0.05, 0) is 12.1 Å². The second-order valence-corrected chi connectivity index (χ2v) is 3.24. The number of fused-ring (bicyclic) bond motifs is 1. The molecular weight excluding hydrogens is 178 g/mol. The van der Waals surface area contributed by atoms with Gasteiger partial charge in [0, 0.05) is 0 Å². The molecule has 0 spiro atoms. The molecule has 1 heterocycles. The molecule has 0 aliphatic carbocycles. The highest BCUT2D eigenvalue weighted by Gasteiger charge is 2.19. The summed E-state index contributed by atoms with van der Waals surface area (Å²) >= 11 is 0. The zero-order chi connectivity index (χ0) is 9.97. The number of anilines is 2. The molecule has 0 saturated carbocycles. The summed E-state index contributed by atoms with van der Waals surface area (Å²) in [5.41, 5.74) is 7.23. The first-order valence-electron chi connectivity index (χ1n) is 4.46. The molecule has 0 radical (unpaired) electrons. The van der Waals surface area contributed by atoms with Crippen LogP contribution < -0.4 is 15.8 Å². The second-order valence-electron chi connectivity index (χ2n) is 3.24. The van der Waals surface area contributed by atoms with Crippen molar-refractivity contribution >= 4 is 11.4 Å². The Morgan fingerprint density at radius 2 is 2.50 bits per heavy atom. The Balaban J connectivity index is 2.24. The van der Waals surface area contributed by atoms with Crippen LogP contribution in [0.1, 0.15) is 6.42 Å². The van der Waals surface area contributed by atoms with Gasteiger partial charge in [0.15, 0.2) is 5.75 Å². The summed E-state index contributed by atoms with van der Waals surface area (Å²) in [6, 6.07) is 7.73. The van der Waals surface area contributed by atoms with E-state index < -0.39 is 0 Å². The average Bonchev–Trinajstić information content (AvgIpc) is 2.18. The molecule has 1 aromatic carbocycles. The fourth-order valence-electron chi connectivity index (χ4n) is 1.50. The van der Waals surface area contributed by atoms with Crippen molar-refractivity contribution in [1.29, 1.82) is 5.26 Å². The number of benzene rings is 1. The van der Waals surface area contributed by atoms with Gasteiger partial charge in [-0.3, -0.25) is 0 Å². The van der Waals surface area contributed by atoms with Gasteiger partial charge in [0.1, 0.15) is 6.61 Å². The molecule has 0 amide bonds. The molecule has 1 aliphatic rings. The lowest BCUT2D eigenvalue weighted by molar-refractivity contribution is 0.287. The van der Waals surface area contributed by atoms with Crippen molar-refractivity contribution < 1.29 is 4.74 Å². The van der Waals surface area contributed by atoms with E-state index >= 15 is 0 Å². The smallest absolute Gasteiger partial charge is 0.165 e. The van der Waals surface area contributed by atoms with E-state index in [1.54, 1.807) is 6.07 Å². The van der Waals surface area contributed by atoms with E-state index in [1.807, 2.05) is 12.1 Å². The van der Waals surface area contributed by atoms with Crippen molar-refractivity contribution in [3.63, 3.8) is 0 Å². The fraction of sp³-hybridized carbons (Fsp3) is 0.300. The average molecular weight is 189 g/mol. The van der Waals surface area contributed by atoms with Crippen LogP contribution in [0.3, 0.4) is 0 Å². The third kappa shape index (κ3) is 1.44. The number of nitriles is 1. The van der Waals surface area contributed by atoms with E-state index in [4.69, 9.17) is 15.7 Å². The predicted octanol–water partition coefficient (Wildman–Crippen LogP) is 1.36. The zero-order valence-corrected chi connectivity index (χ0v) is 7.66. The SMILES string of the molecule is N#CCC1COc2c(N)cccc2N1. The molecule has 1 atom stereocenters. The fourth-order valence-corrected chi connectivity index (χ4v) is 1.50. The van der Waals surface area contributed by atoms with Crippen molar-refractivity contribution in [3.05, 3.63) is 18.2 Å². The van der Waals surface area contributed by atoms with E-state index in [9.17, 15) is 0 Å². The largest absolute Gasteiger partial charge is 0.487 e. The van der Waals surface area contributed by atoms with E-state index in [-0.39, 0.29) is 6.04 Å². The van der Waals surface area contributed by atoms with Crippen LogP contribution in [0, 0.1) is 11.3 Å². The molecule has 2 rings (SSSR count). The lowest BCUT2D eigenvalue weighted by Gasteiger charge is -2.26. The normalized spacial score (nSPS) is 18.6. The maximum Gasteiger partial charge on any atom is 0.165 e. The van der Waals surface area contributed by atoms with Crippen LogP contribution in [-0.4, -0.2) is 12.6 Å². The van der Waals surface area contributed by atoms with E-state index in [0.29, 0.717) is 24.5 Å². The van der Waals surface area contributed by atoms with E-state index in [0.717, 1.165) is 5.69 Å². The summed E-state index contributed by atoms with van der Waals surface area (Å²) in [4.78, 5) is 0. The summed E-state index contributed by atoms with van der Waals surface area (Å²) < 4.78 is 5.48. The Hall–Kier alpha value is -1.89. The van der Waals surface area contributed by atoms with Gasteiger partial charge < -0.3 is 15.8 Å². The first kappa shape index (κ1) is 8.70. The number of nitrogens with two attached hydrogens (primary N) is 1. The maximum absolute atomic E-state index is 8.55. The monoisotopic (exact) mass is 189 g/mol. The summed E-state index contributed by atoms with van der Waals surface area (Å²) in [7, 11) is 0. The van der Waals surface area contributed by atoms with Gasteiger partial charge in [-0.2, -0.15) is 5.26 Å². The number of ether oxygens (including phenoxy) is 1. The first-order chi connectivity index (χ1) is 6.81. The van der Waals surface area contributed by atoms with Crippen molar-refractivity contribution in [1.82, 2.24) is 0 Å². The van der Waals surface area contributed by atoms with Gasteiger partial charge >= 0.3 is 0 Å². The van der Waals surface area contributed by atoms with Crippen molar-refractivity contribution in [2.75, 3.05) is 17.7 Å². The van der Waals surface area contributed by atoms with Crippen molar-refractivity contribution in [2.24, 2.45) is 0 Å². The molecule has 14 heavy (non-hydrogen) atoms. The molecule has 0 bridgehead atoms. The summed E-state index contributed by atoms with van der Waals surface area (Å²) in [5.74, 6) is 0.696. The van der Waals surface area contributed by atoms with E-state index in [2.05, 4.69) is 11.4 Å². The highest BCUT2D eigenvalue weighted by Crippen LogP contribution is 2.34. The molecule has 3 N–H and O–H groups in total. The molecule has 0 aromatic heterocycles. The minimum Gasteiger partial charge on any atom is -0.487 e. The van der Waals surface area contributed by atoms with Crippen LogP contribution >= 0.6 is 0 Å². The molecule has 4 nitrogen and oxygen atoms in total. The highest BCUT2D eigenvalue weighted by atomic mass is 16.5. The Labute approximate surface area is 82.3 Å². The third-order valence-electron chi connectivity index (χ3n) is 2.17. The quantitative estimate of drug-likeness (QED) is 0.654. The maximum atomic E-state index is 8.55. The highest BCUT2D eigenvalue weighted by molar-refractivity contribution is 5.70. The van der Waals surface area contributed by atoms with Gasteiger partial charge in [0.2, 0.25) is 0 Å². The number of nitrogen functional groups attached to an aromatic ring is 1. The van der Waals surface area contributed by atoms with Crippen LogP contribution in [0.5, 0.6) is 5.75 Å². The van der Waals surface area contributed by atoms with Crippen LogP contribution in [0.25, 0.3) is 0 Å². The molecule has 0 saturated heterocycles. The van der Waals surface area contributed by atoms with Crippen LogP contribution in [0.15, 0.2) is 18.2 Å². The third-order valence-corrected chi connectivity index (χ3v) is 2.17. The Morgan fingerprint density at radius 1 is 1.64 bits per heavy atom. The Morgan fingerprint density at radius 3 is 3.29 bits per heavy atom. The summed E-state index contributed by atoms with van der Waals surface area (Å²) in [5, 5.41) is 11.8. The second kappa shape index (κ2) is 3.46. The predicted molar refractivity (Wildman–Crippen MR) is 54.0 cm³/mol. The zero-order valence-electron chi connectivity index (χ0n) is 7.66. The number of rotatable bonds is 1.